The van der Waals surface area contributed by atoms with Crippen LogP contribution in [0.3, 0.4) is 0 Å². The van der Waals surface area contributed by atoms with Crippen molar-refractivity contribution in [2.45, 2.75) is 12.1 Å². The van der Waals surface area contributed by atoms with E-state index in [2.05, 4.69) is 10.2 Å². The lowest BCUT2D eigenvalue weighted by molar-refractivity contribution is 0.894. The van der Waals surface area contributed by atoms with Crippen LogP contribution in [0.4, 0.5) is 0 Å². The van der Waals surface area contributed by atoms with E-state index >= 15 is 0 Å². The summed E-state index contributed by atoms with van der Waals surface area (Å²) >= 11 is 7.50. The van der Waals surface area contributed by atoms with E-state index in [0.29, 0.717) is 16.4 Å². The standard InChI is InChI=1S/C13H11ClN4OS/c1-2-20-13-16-15-11-12(19)17(6-7-18(11)13)10-5-3-4-9(14)8-10/h3-8H,2H2,1H3. The van der Waals surface area contributed by atoms with Gasteiger partial charge in [0.25, 0.3) is 0 Å². The predicted octanol–water partition coefficient (Wildman–Crippen LogP) is 2.65. The summed E-state index contributed by atoms with van der Waals surface area (Å²) in [6.07, 6.45) is 3.49. The van der Waals surface area contributed by atoms with Gasteiger partial charge < -0.3 is 0 Å². The number of thioether (sulfide) groups is 1. The summed E-state index contributed by atoms with van der Waals surface area (Å²) in [6, 6.07) is 7.12. The van der Waals surface area contributed by atoms with Crippen molar-refractivity contribution in [3.05, 3.63) is 52.0 Å². The van der Waals surface area contributed by atoms with Gasteiger partial charge in [-0.05, 0) is 24.0 Å². The number of fused-ring (bicyclic) bond motifs is 1. The Hall–Kier alpha value is -1.79. The maximum Gasteiger partial charge on any atom is 0.300 e. The lowest BCUT2D eigenvalue weighted by Gasteiger charge is -2.06. The molecule has 102 valence electrons. The molecule has 1 aromatic carbocycles. The van der Waals surface area contributed by atoms with Crippen molar-refractivity contribution in [2.24, 2.45) is 0 Å². The molecule has 0 fully saturated rings. The van der Waals surface area contributed by atoms with Gasteiger partial charge in [-0.1, -0.05) is 36.4 Å². The maximum absolute atomic E-state index is 12.4. The summed E-state index contributed by atoms with van der Waals surface area (Å²) in [6.45, 7) is 2.03. The van der Waals surface area contributed by atoms with Crippen molar-refractivity contribution < 1.29 is 0 Å². The van der Waals surface area contributed by atoms with E-state index in [0.717, 1.165) is 10.9 Å². The predicted molar refractivity (Wildman–Crippen MR) is 80.0 cm³/mol. The molecule has 0 aliphatic carbocycles. The Bertz CT molecular complexity index is 827. The van der Waals surface area contributed by atoms with Gasteiger partial charge in [0.15, 0.2) is 5.16 Å². The zero-order chi connectivity index (χ0) is 14.1. The van der Waals surface area contributed by atoms with Crippen molar-refractivity contribution in [1.82, 2.24) is 19.2 Å². The third-order valence-corrected chi connectivity index (χ3v) is 3.86. The van der Waals surface area contributed by atoms with Gasteiger partial charge >= 0.3 is 5.56 Å². The monoisotopic (exact) mass is 306 g/mol. The first kappa shape index (κ1) is 13.2. The number of halogens is 1. The topological polar surface area (TPSA) is 52.2 Å². The van der Waals surface area contributed by atoms with Gasteiger partial charge in [0.05, 0.1) is 5.69 Å². The first-order chi connectivity index (χ1) is 9.70. The van der Waals surface area contributed by atoms with Crippen LogP contribution in [0, 0.1) is 0 Å². The normalized spacial score (nSPS) is 11.1. The summed E-state index contributed by atoms with van der Waals surface area (Å²) in [5.41, 5.74) is 0.798. The molecule has 20 heavy (non-hydrogen) atoms. The van der Waals surface area contributed by atoms with E-state index in [1.807, 2.05) is 13.0 Å². The molecule has 0 spiro atoms. The van der Waals surface area contributed by atoms with Gasteiger partial charge in [0.1, 0.15) is 0 Å². The molecule has 0 saturated heterocycles. The van der Waals surface area contributed by atoms with Crippen molar-refractivity contribution in [3.8, 4) is 5.69 Å². The lowest BCUT2D eigenvalue weighted by atomic mass is 10.3. The van der Waals surface area contributed by atoms with Gasteiger partial charge in [-0.15, -0.1) is 10.2 Å². The highest BCUT2D eigenvalue weighted by Crippen LogP contribution is 2.16. The highest BCUT2D eigenvalue weighted by Gasteiger charge is 2.11. The second-order valence-corrected chi connectivity index (χ2v) is 5.73. The molecule has 0 amide bonds. The molecule has 3 aromatic rings. The van der Waals surface area contributed by atoms with Gasteiger partial charge in [-0.25, -0.2) is 0 Å². The van der Waals surface area contributed by atoms with E-state index in [-0.39, 0.29) is 5.56 Å². The molecule has 0 unspecified atom stereocenters. The first-order valence-corrected chi connectivity index (χ1v) is 7.42. The summed E-state index contributed by atoms with van der Waals surface area (Å²) in [5.74, 6) is 0.873. The fraction of sp³-hybridized carbons (Fsp3) is 0.154. The van der Waals surface area contributed by atoms with Gasteiger partial charge in [-0.2, -0.15) is 0 Å². The number of aromatic nitrogens is 4. The molecule has 0 aliphatic heterocycles. The molecule has 0 aliphatic rings. The smallest absolute Gasteiger partial charge is 0.280 e. The third kappa shape index (κ3) is 2.21. The van der Waals surface area contributed by atoms with Crippen LogP contribution in [0.5, 0.6) is 0 Å². The average Bonchev–Trinajstić information content (AvgIpc) is 2.84. The summed E-state index contributed by atoms with van der Waals surface area (Å²) in [7, 11) is 0. The fourth-order valence-electron chi connectivity index (χ4n) is 1.92. The van der Waals surface area contributed by atoms with Crippen molar-refractivity contribution in [2.75, 3.05) is 5.75 Å². The van der Waals surface area contributed by atoms with Crippen molar-refractivity contribution in [3.63, 3.8) is 0 Å². The SMILES string of the molecule is CCSc1nnc2c(=O)n(-c3cccc(Cl)c3)ccn12. The minimum atomic E-state index is -0.217. The zero-order valence-corrected chi connectivity index (χ0v) is 12.2. The second-order valence-electron chi connectivity index (χ2n) is 4.06. The highest BCUT2D eigenvalue weighted by molar-refractivity contribution is 7.99. The number of nitrogens with zero attached hydrogens (tertiary/aromatic N) is 4. The first-order valence-electron chi connectivity index (χ1n) is 6.06. The molecule has 0 saturated carbocycles. The summed E-state index contributed by atoms with van der Waals surface area (Å²) in [5, 5.41) is 9.31. The van der Waals surface area contributed by atoms with E-state index in [4.69, 9.17) is 11.6 Å². The number of benzene rings is 1. The Morgan fingerprint density at radius 1 is 1.30 bits per heavy atom. The minimum Gasteiger partial charge on any atom is -0.280 e. The van der Waals surface area contributed by atoms with Gasteiger partial charge in [0, 0.05) is 17.4 Å². The van der Waals surface area contributed by atoms with E-state index in [1.165, 1.54) is 4.57 Å². The zero-order valence-electron chi connectivity index (χ0n) is 10.7. The fourth-order valence-corrected chi connectivity index (χ4v) is 2.75. The van der Waals surface area contributed by atoms with Crippen LogP contribution in [0.25, 0.3) is 11.3 Å². The lowest BCUT2D eigenvalue weighted by Crippen LogP contribution is -2.20. The molecule has 2 aromatic heterocycles. The van der Waals surface area contributed by atoms with Crippen LogP contribution < -0.4 is 5.56 Å². The quantitative estimate of drug-likeness (QED) is 0.698. The van der Waals surface area contributed by atoms with Crippen LogP contribution >= 0.6 is 23.4 Å². The largest absolute Gasteiger partial charge is 0.300 e. The Kier molecular flexibility index (Phi) is 3.50. The molecular weight excluding hydrogens is 296 g/mol. The summed E-state index contributed by atoms with van der Waals surface area (Å²) in [4.78, 5) is 12.4. The molecule has 0 atom stereocenters. The van der Waals surface area contributed by atoms with Crippen molar-refractivity contribution >= 4 is 29.0 Å². The number of hydrogen-bond acceptors (Lipinski definition) is 4. The third-order valence-electron chi connectivity index (χ3n) is 2.80. The molecule has 0 radical (unpaired) electrons. The van der Waals surface area contributed by atoms with E-state index in [1.54, 1.807) is 46.8 Å². The maximum atomic E-state index is 12.4. The molecule has 3 rings (SSSR count). The van der Waals surface area contributed by atoms with Gasteiger partial charge in [0.2, 0.25) is 5.65 Å². The van der Waals surface area contributed by atoms with E-state index < -0.39 is 0 Å². The molecular formula is C13H11ClN4OS. The van der Waals surface area contributed by atoms with Crippen LogP contribution in [-0.4, -0.2) is 24.9 Å². The Morgan fingerprint density at radius 2 is 2.15 bits per heavy atom. The second kappa shape index (κ2) is 5.30. The van der Waals surface area contributed by atoms with E-state index in [9.17, 15) is 4.79 Å². The number of rotatable bonds is 3. The van der Waals surface area contributed by atoms with Crippen LogP contribution in [-0.2, 0) is 0 Å². The Balaban J connectivity index is 2.20. The average molecular weight is 307 g/mol. The summed E-state index contributed by atoms with van der Waals surface area (Å²) < 4.78 is 3.22. The molecule has 5 nitrogen and oxygen atoms in total. The molecule has 7 heteroatoms. The number of hydrogen-bond donors (Lipinski definition) is 0. The molecule has 0 bridgehead atoms. The van der Waals surface area contributed by atoms with Crippen LogP contribution in [0.2, 0.25) is 5.02 Å². The Morgan fingerprint density at radius 3 is 2.90 bits per heavy atom. The van der Waals surface area contributed by atoms with Crippen molar-refractivity contribution in [1.29, 1.82) is 0 Å². The van der Waals surface area contributed by atoms with Crippen LogP contribution in [0.1, 0.15) is 6.92 Å². The minimum absolute atomic E-state index is 0.217. The molecule has 0 N–H and O–H groups in total. The molecule has 2 heterocycles. The van der Waals surface area contributed by atoms with Gasteiger partial charge in [-0.3, -0.25) is 13.8 Å². The highest BCUT2D eigenvalue weighted by atomic mass is 35.5. The van der Waals surface area contributed by atoms with Crippen LogP contribution in [0.15, 0.2) is 46.6 Å². The Labute approximate surface area is 124 Å².